The van der Waals surface area contributed by atoms with Crippen molar-refractivity contribution in [2.24, 2.45) is 7.05 Å². The fraction of sp³-hybridized carbons (Fsp3) is 0.333. The number of carbonyl (C=O) groups excluding carboxylic acids is 1. The zero-order chi connectivity index (χ0) is 19.8. The Balaban J connectivity index is 1.69. The monoisotopic (exact) mass is 378 g/mol. The van der Waals surface area contributed by atoms with Crippen LogP contribution in [0.2, 0.25) is 0 Å². The summed E-state index contributed by atoms with van der Waals surface area (Å²) >= 11 is 0. The zero-order valence-corrected chi connectivity index (χ0v) is 15.9. The number of nitrogens with one attached hydrogen (secondary N) is 1. The first-order valence-electron chi connectivity index (χ1n) is 9.40. The number of aryl methyl sites for hydroxylation is 2. The molecule has 0 aliphatic carbocycles. The van der Waals surface area contributed by atoms with Crippen molar-refractivity contribution < 1.29 is 4.79 Å². The van der Waals surface area contributed by atoms with E-state index in [1.807, 2.05) is 6.92 Å². The van der Waals surface area contributed by atoms with Crippen LogP contribution in [0.4, 0.5) is 0 Å². The second kappa shape index (κ2) is 7.07. The number of hydrogen-bond acceptors (Lipinski definition) is 4. The highest BCUT2D eigenvalue weighted by Crippen LogP contribution is 2.27. The summed E-state index contributed by atoms with van der Waals surface area (Å²) < 4.78 is 1.22. The number of pyridine rings is 1. The van der Waals surface area contributed by atoms with Crippen molar-refractivity contribution in [1.82, 2.24) is 19.7 Å². The zero-order valence-electron chi connectivity index (χ0n) is 15.9. The molecule has 1 aliphatic rings. The number of rotatable bonds is 2. The summed E-state index contributed by atoms with van der Waals surface area (Å²) in [5.74, 6) is -0.115. The van der Waals surface area contributed by atoms with E-state index in [1.165, 1.54) is 4.68 Å². The third-order valence-corrected chi connectivity index (χ3v) is 5.31. The molecule has 144 valence electrons. The smallest absolute Gasteiger partial charge is 0.274 e. The maximum absolute atomic E-state index is 13.3. The first-order chi connectivity index (χ1) is 13.4. The molecule has 3 heterocycles. The molecule has 7 nitrogen and oxygen atoms in total. The first kappa shape index (κ1) is 18.2. The fourth-order valence-corrected chi connectivity index (χ4v) is 3.95. The van der Waals surface area contributed by atoms with Gasteiger partial charge in [-0.05, 0) is 25.8 Å². The highest BCUT2D eigenvalue weighted by Gasteiger charge is 2.28. The largest absolute Gasteiger partial charge is 0.362 e. The maximum Gasteiger partial charge on any atom is 0.274 e. The van der Waals surface area contributed by atoms with E-state index in [-0.39, 0.29) is 28.5 Å². The number of aromatic nitrogens is 3. The van der Waals surface area contributed by atoms with Crippen LogP contribution < -0.4 is 11.0 Å². The molecule has 0 radical (unpaired) electrons. The number of carbonyl (C=O) groups is 1. The normalized spacial score (nSPS) is 17.1. The summed E-state index contributed by atoms with van der Waals surface area (Å²) in [5, 5.41) is 5.31. The number of piperidine rings is 1. The van der Waals surface area contributed by atoms with Crippen LogP contribution in [0.1, 0.15) is 40.6 Å². The van der Waals surface area contributed by atoms with Gasteiger partial charge in [-0.3, -0.25) is 14.4 Å². The van der Waals surface area contributed by atoms with Gasteiger partial charge in [0.15, 0.2) is 11.1 Å². The van der Waals surface area contributed by atoms with E-state index in [2.05, 4.69) is 10.1 Å². The quantitative estimate of drug-likeness (QED) is 0.738. The molecule has 0 bridgehead atoms. The van der Waals surface area contributed by atoms with Crippen molar-refractivity contribution in [3.63, 3.8) is 0 Å². The van der Waals surface area contributed by atoms with Gasteiger partial charge < -0.3 is 9.88 Å². The molecule has 0 unspecified atom stereocenters. The highest BCUT2D eigenvalue weighted by atomic mass is 16.2. The molecule has 0 spiro atoms. The molecule has 1 aromatic carbocycles. The Morgan fingerprint density at radius 1 is 1.18 bits per heavy atom. The Kier molecular flexibility index (Phi) is 4.58. The predicted octanol–water partition coefficient (Wildman–Crippen LogP) is 1.95. The molecule has 1 fully saturated rings. The van der Waals surface area contributed by atoms with E-state index in [4.69, 9.17) is 0 Å². The summed E-state index contributed by atoms with van der Waals surface area (Å²) in [6.45, 7) is 3.00. The van der Waals surface area contributed by atoms with Gasteiger partial charge in [0.05, 0.1) is 5.39 Å². The topological polar surface area (TPSA) is 88.1 Å². The number of likely N-dealkylation sites (tertiary alicyclic amines) is 1. The lowest BCUT2D eigenvalue weighted by molar-refractivity contribution is 0.0699. The van der Waals surface area contributed by atoms with E-state index in [0.717, 1.165) is 24.2 Å². The Labute approximate surface area is 161 Å². The number of amides is 1. The molecular weight excluding hydrogens is 356 g/mol. The second-order valence-corrected chi connectivity index (χ2v) is 7.37. The van der Waals surface area contributed by atoms with E-state index in [1.54, 1.807) is 48.3 Å². The summed E-state index contributed by atoms with van der Waals surface area (Å²) in [7, 11) is 1.56. The van der Waals surface area contributed by atoms with Crippen molar-refractivity contribution in [2.45, 2.75) is 25.7 Å². The molecular formula is C21H22N4O3. The van der Waals surface area contributed by atoms with E-state index in [9.17, 15) is 14.4 Å². The van der Waals surface area contributed by atoms with Crippen molar-refractivity contribution in [3.05, 3.63) is 74.1 Å². The van der Waals surface area contributed by atoms with Crippen LogP contribution in [0.5, 0.6) is 0 Å². The molecule has 0 saturated carbocycles. The summed E-state index contributed by atoms with van der Waals surface area (Å²) in [4.78, 5) is 42.5. The summed E-state index contributed by atoms with van der Waals surface area (Å²) in [6, 6.07) is 10.2. The lowest BCUT2D eigenvalue weighted by atomic mass is 9.93. The van der Waals surface area contributed by atoms with Crippen LogP contribution in [0, 0.1) is 6.92 Å². The lowest BCUT2D eigenvalue weighted by Crippen LogP contribution is -2.40. The van der Waals surface area contributed by atoms with Crippen LogP contribution in [0.15, 0.2) is 46.0 Å². The minimum absolute atomic E-state index is 0.0274. The van der Waals surface area contributed by atoms with Crippen LogP contribution in [0.3, 0.4) is 0 Å². The third-order valence-electron chi connectivity index (χ3n) is 5.31. The van der Waals surface area contributed by atoms with Crippen molar-refractivity contribution in [2.75, 3.05) is 13.1 Å². The standard InChI is InChI=1S/C21H22N4O3/c1-13-10-15(26)11-18(22-13)14-6-5-9-25(12-14)21(28)19-16-7-3-4-8-17(16)20(27)24(2)23-19/h3-4,7-8,10-11,14H,5-6,9,12H2,1-2H3,(H,22,26)/t14-/m1/s1. The summed E-state index contributed by atoms with van der Waals surface area (Å²) in [6.07, 6.45) is 1.75. The van der Waals surface area contributed by atoms with Gasteiger partial charge in [0.25, 0.3) is 11.5 Å². The molecule has 1 aliphatic heterocycles. The fourth-order valence-electron chi connectivity index (χ4n) is 3.95. The lowest BCUT2D eigenvalue weighted by Gasteiger charge is -2.33. The van der Waals surface area contributed by atoms with Gasteiger partial charge in [0.2, 0.25) is 0 Å². The van der Waals surface area contributed by atoms with Gasteiger partial charge >= 0.3 is 0 Å². The number of aromatic amines is 1. The number of benzene rings is 1. The molecule has 4 rings (SSSR count). The Morgan fingerprint density at radius 3 is 2.68 bits per heavy atom. The Bertz CT molecular complexity index is 1180. The summed E-state index contributed by atoms with van der Waals surface area (Å²) in [5.41, 5.74) is 1.72. The molecule has 1 N–H and O–H groups in total. The molecule has 1 atom stereocenters. The molecule has 3 aromatic rings. The van der Waals surface area contributed by atoms with Crippen LogP contribution in [-0.2, 0) is 7.05 Å². The van der Waals surface area contributed by atoms with Crippen molar-refractivity contribution in [3.8, 4) is 0 Å². The van der Waals surface area contributed by atoms with Crippen molar-refractivity contribution in [1.29, 1.82) is 0 Å². The molecule has 28 heavy (non-hydrogen) atoms. The Morgan fingerprint density at radius 2 is 1.93 bits per heavy atom. The minimum atomic E-state index is -0.221. The van der Waals surface area contributed by atoms with Gasteiger partial charge in [0, 0.05) is 55.0 Å². The third kappa shape index (κ3) is 3.24. The van der Waals surface area contributed by atoms with E-state index in [0.29, 0.717) is 23.9 Å². The second-order valence-electron chi connectivity index (χ2n) is 7.37. The molecule has 1 amide bonds. The van der Waals surface area contributed by atoms with E-state index < -0.39 is 0 Å². The minimum Gasteiger partial charge on any atom is -0.362 e. The number of fused-ring (bicyclic) bond motifs is 1. The highest BCUT2D eigenvalue weighted by molar-refractivity contribution is 6.04. The molecule has 2 aromatic heterocycles. The maximum atomic E-state index is 13.3. The van der Waals surface area contributed by atoms with Gasteiger partial charge in [-0.2, -0.15) is 5.10 Å². The van der Waals surface area contributed by atoms with Gasteiger partial charge in [-0.1, -0.05) is 18.2 Å². The van der Waals surface area contributed by atoms with Crippen LogP contribution >= 0.6 is 0 Å². The number of hydrogen-bond donors (Lipinski definition) is 1. The Hall–Kier alpha value is -3.22. The SMILES string of the molecule is Cc1cc(=O)cc([C@@H]2CCCN(C(=O)c3nn(C)c(=O)c4ccccc34)C2)[nH]1. The molecule has 7 heteroatoms. The first-order valence-corrected chi connectivity index (χ1v) is 9.40. The van der Waals surface area contributed by atoms with Gasteiger partial charge in [-0.25, -0.2) is 4.68 Å². The van der Waals surface area contributed by atoms with Crippen molar-refractivity contribution >= 4 is 16.7 Å². The molecule has 1 saturated heterocycles. The number of nitrogens with zero attached hydrogens (tertiary/aromatic N) is 3. The predicted molar refractivity (Wildman–Crippen MR) is 107 cm³/mol. The van der Waals surface area contributed by atoms with Crippen LogP contribution in [0.25, 0.3) is 10.8 Å². The van der Waals surface area contributed by atoms with E-state index >= 15 is 0 Å². The van der Waals surface area contributed by atoms with Gasteiger partial charge in [-0.15, -0.1) is 0 Å². The average molecular weight is 378 g/mol. The number of H-pyrrole nitrogens is 1. The van der Waals surface area contributed by atoms with Crippen LogP contribution in [-0.4, -0.2) is 38.7 Å². The average Bonchev–Trinajstić information content (AvgIpc) is 2.69. The van der Waals surface area contributed by atoms with Gasteiger partial charge in [0.1, 0.15) is 0 Å².